The maximum absolute atomic E-state index is 13.8. The Labute approximate surface area is 216 Å². The van der Waals surface area contributed by atoms with Gasteiger partial charge in [-0.2, -0.15) is 0 Å². The molecule has 0 spiro atoms. The molecule has 1 amide bonds. The summed E-state index contributed by atoms with van der Waals surface area (Å²) in [5, 5.41) is 6.23. The van der Waals surface area contributed by atoms with Crippen LogP contribution in [-0.2, 0) is 13.9 Å². The molecule has 1 unspecified atom stereocenters. The van der Waals surface area contributed by atoms with Gasteiger partial charge in [0.1, 0.15) is 6.16 Å². The molecule has 36 heavy (non-hydrogen) atoms. The molecule has 0 bridgehead atoms. The van der Waals surface area contributed by atoms with E-state index in [1.807, 2.05) is 54.6 Å². The number of carbonyl (C=O) groups is 1. The summed E-state index contributed by atoms with van der Waals surface area (Å²) in [4.78, 5) is 13.2. The minimum Gasteiger partial charge on any atom is -0.325 e. The van der Waals surface area contributed by atoms with E-state index < -0.39 is 7.52 Å². The number of para-hydroxylation sites is 1. The fraction of sp³-hybridized carbons (Fsp3) is 0.367. The van der Waals surface area contributed by atoms with Crippen molar-refractivity contribution in [2.24, 2.45) is 0 Å². The smallest absolute Gasteiger partial charge is 0.279 e. The molecule has 0 aliphatic carbocycles. The van der Waals surface area contributed by atoms with E-state index in [1.165, 1.54) is 0 Å². The Balaban J connectivity index is 1.81. The summed E-state index contributed by atoms with van der Waals surface area (Å²) < 4.78 is 19.5. The van der Waals surface area contributed by atoms with E-state index in [2.05, 4.69) is 62.4 Å². The Kier molecular flexibility index (Phi) is 10.1. The SMILES string of the molecule is CCOP(=O)(CC(=O)Nc1c(C(C)C)cccc1C(C)C)NCC(c1ccccc1)c1ccccc1. The predicted molar refractivity (Wildman–Crippen MR) is 150 cm³/mol. The van der Waals surface area contributed by atoms with E-state index in [1.54, 1.807) is 6.92 Å². The second kappa shape index (κ2) is 13.0. The van der Waals surface area contributed by atoms with Crippen LogP contribution in [0.15, 0.2) is 78.9 Å². The zero-order valence-electron chi connectivity index (χ0n) is 22.0. The molecule has 2 N–H and O–H groups in total. The quantitative estimate of drug-likeness (QED) is 0.249. The van der Waals surface area contributed by atoms with Crippen molar-refractivity contribution < 1.29 is 13.9 Å². The fourth-order valence-corrected chi connectivity index (χ4v) is 6.08. The van der Waals surface area contributed by atoms with Crippen molar-refractivity contribution in [3.8, 4) is 0 Å². The van der Waals surface area contributed by atoms with Crippen molar-refractivity contribution in [3.63, 3.8) is 0 Å². The zero-order chi connectivity index (χ0) is 26.1. The molecule has 0 aliphatic heterocycles. The average Bonchev–Trinajstić information content (AvgIpc) is 2.85. The molecular weight excluding hydrogens is 467 g/mol. The summed E-state index contributed by atoms with van der Waals surface area (Å²) in [6.45, 7) is 10.9. The number of benzene rings is 3. The summed E-state index contributed by atoms with van der Waals surface area (Å²) in [6, 6.07) is 26.3. The minimum absolute atomic E-state index is 0.0292. The van der Waals surface area contributed by atoms with Gasteiger partial charge in [0.15, 0.2) is 0 Å². The van der Waals surface area contributed by atoms with Gasteiger partial charge in [-0.15, -0.1) is 0 Å². The molecule has 3 aromatic carbocycles. The molecule has 6 heteroatoms. The number of hydrogen-bond donors (Lipinski definition) is 2. The van der Waals surface area contributed by atoms with E-state index in [0.717, 1.165) is 27.9 Å². The largest absolute Gasteiger partial charge is 0.325 e. The number of rotatable bonds is 12. The van der Waals surface area contributed by atoms with Crippen LogP contribution in [-0.4, -0.2) is 25.2 Å². The Morgan fingerprint density at radius 2 is 1.31 bits per heavy atom. The average molecular weight is 507 g/mol. The van der Waals surface area contributed by atoms with Crippen LogP contribution in [0.1, 0.15) is 74.6 Å². The third-order valence-electron chi connectivity index (χ3n) is 6.27. The van der Waals surface area contributed by atoms with Crippen LogP contribution in [0.3, 0.4) is 0 Å². The molecule has 0 fully saturated rings. The molecule has 3 aromatic rings. The first-order chi connectivity index (χ1) is 17.2. The molecule has 0 saturated carbocycles. The van der Waals surface area contributed by atoms with E-state index in [0.29, 0.717) is 6.54 Å². The lowest BCUT2D eigenvalue weighted by molar-refractivity contribution is -0.114. The highest BCUT2D eigenvalue weighted by Gasteiger charge is 2.29. The molecule has 0 aliphatic rings. The lowest BCUT2D eigenvalue weighted by atomic mass is 9.92. The van der Waals surface area contributed by atoms with Crippen LogP contribution in [0.4, 0.5) is 5.69 Å². The lowest BCUT2D eigenvalue weighted by Crippen LogP contribution is -2.27. The standard InChI is InChI=1S/C30H39N2O3P/c1-6-35-36(34,21-29(33)32-30-26(22(2)3)18-13-19-27(30)23(4)5)31-20-28(24-14-9-7-10-15-24)25-16-11-8-12-17-25/h7-19,22-23,28H,6,20-21H2,1-5H3,(H,31,34)(H,32,33). The number of amides is 1. The third kappa shape index (κ3) is 7.39. The first-order valence-electron chi connectivity index (χ1n) is 12.7. The Morgan fingerprint density at radius 1 is 0.806 bits per heavy atom. The van der Waals surface area contributed by atoms with Gasteiger partial charge in [-0.3, -0.25) is 9.36 Å². The molecule has 192 valence electrons. The summed E-state index contributed by atoms with van der Waals surface area (Å²) >= 11 is 0. The Hall–Kier alpha value is -2.72. The fourth-order valence-electron chi connectivity index (χ4n) is 4.45. The molecule has 1 atom stereocenters. The summed E-state index contributed by atoms with van der Waals surface area (Å²) in [6.07, 6.45) is -0.235. The predicted octanol–water partition coefficient (Wildman–Crippen LogP) is 7.52. The molecule has 0 radical (unpaired) electrons. The molecule has 3 rings (SSSR count). The number of anilines is 1. The number of nitrogens with one attached hydrogen (secondary N) is 2. The van der Waals surface area contributed by atoms with E-state index in [9.17, 15) is 9.36 Å². The maximum atomic E-state index is 13.8. The number of hydrogen-bond acceptors (Lipinski definition) is 3. The minimum atomic E-state index is -3.45. The lowest BCUT2D eigenvalue weighted by Gasteiger charge is -2.25. The molecular formula is C30H39N2O3P. The Morgan fingerprint density at radius 3 is 1.75 bits per heavy atom. The summed E-state index contributed by atoms with van der Waals surface area (Å²) in [7, 11) is -3.45. The van der Waals surface area contributed by atoms with Crippen molar-refractivity contribution in [2.45, 2.75) is 52.4 Å². The highest BCUT2D eigenvalue weighted by Crippen LogP contribution is 2.43. The van der Waals surface area contributed by atoms with Crippen LogP contribution >= 0.6 is 7.52 Å². The molecule has 0 heterocycles. The van der Waals surface area contributed by atoms with Gasteiger partial charge in [0.25, 0.3) is 7.52 Å². The van der Waals surface area contributed by atoms with Gasteiger partial charge >= 0.3 is 0 Å². The van der Waals surface area contributed by atoms with Gasteiger partial charge in [0.2, 0.25) is 5.91 Å². The van der Waals surface area contributed by atoms with Crippen molar-refractivity contribution in [1.82, 2.24) is 5.09 Å². The Bertz CT molecular complexity index is 1100. The van der Waals surface area contributed by atoms with Crippen LogP contribution in [0, 0.1) is 0 Å². The highest BCUT2D eigenvalue weighted by atomic mass is 31.2. The maximum Gasteiger partial charge on any atom is 0.279 e. The van der Waals surface area contributed by atoms with Crippen LogP contribution in [0.5, 0.6) is 0 Å². The van der Waals surface area contributed by atoms with E-state index in [4.69, 9.17) is 4.52 Å². The van der Waals surface area contributed by atoms with Crippen molar-refractivity contribution >= 4 is 19.1 Å². The molecule has 0 aromatic heterocycles. The topological polar surface area (TPSA) is 67.4 Å². The first kappa shape index (κ1) is 27.9. The summed E-state index contributed by atoms with van der Waals surface area (Å²) in [5.74, 6) is 0.144. The van der Waals surface area contributed by atoms with Crippen molar-refractivity contribution in [3.05, 3.63) is 101 Å². The van der Waals surface area contributed by atoms with Gasteiger partial charge in [-0.25, -0.2) is 5.09 Å². The van der Waals surface area contributed by atoms with Crippen LogP contribution in [0.2, 0.25) is 0 Å². The van der Waals surface area contributed by atoms with Gasteiger partial charge in [-0.05, 0) is 41.0 Å². The molecule has 0 saturated heterocycles. The monoisotopic (exact) mass is 506 g/mol. The van der Waals surface area contributed by atoms with E-state index >= 15 is 0 Å². The second-order valence-electron chi connectivity index (χ2n) is 9.65. The normalized spacial score (nSPS) is 13.2. The van der Waals surface area contributed by atoms with Gasteiger partial charge < -0.3 is 9.84 Å². The van der Waals surface area contributed by atoms with Crippen molar-refractivity contribution in [2.75, 3.05) is 24.6 Å². The third-order valence-corrected chi connectivity index (χ3v) is 8.31. The first-order valence-corrected chi connectivity index (χ1v) is 14.6. The van der Waals surface area contributed by atoms with E-state index in [-0.39, 0.29) is 36.4 Å². The number of carbonyl (C=O) groups excluding carboxylic acids is 1. The van der Waals surface area contributed by atoms with Gasteiger partial charge in [0.05, 0.1) is 6.61 Å². The van der Waals surface area contributed by atoms with Gasteiger partial charge in [0, 0.05) is 18.2 Å². The highest BCUT2D eigenvalue weighted by molar-refractivity contribution is 7.57. The zero-order valence-corrected chi connectivity index (χ0v) is 22.9. The second-order valence-corrected chi connectivity index (χ2v) is 11.9. The molecule has 5 nitrogen and oxygen atoms in total. The van der Waals surface area contributed by atoms with Gasteiger partial charge in [-0.1, -0.05) is 107 Å². The van der Waals surface area contributed by atoms with Crippen molar-refractivity contribution in [1.29, 1.82) is 0 Å². The summed E-state index contributed by atoms with van der Waals surface area (Å²) in [5.41, 5.74) is 5.18. The van der Waals surface area contributed by atoms with Crippen LogP contribution in [0.25, 0.3) is 0 Å². The van der Waals surface area contributed by atoms with Crippen LogP contribution < -0.4 is 10.4 Å².